The minimum absolute atomic E-state index is 0.00456. The molecule has 1 aromatic rings. The predicted molar refractivity (Wildman–Crippen MR) is 119 cm³/mol. The van der Waals surface area contributed by atoms with Crippen LogP contribution in [0.1, 0.15) is 32.1 Å². The Morgan fingerprint density at radius 1 is 1.20 bits per heavy atom. The number of amides is 2. The van der Waals surface area contributed by atoms with E-state index >= 15 is 0 Å². The summed E-state index contributed by atoms with van der Waals surface area (Å²) in [5.41, 5.74) is 0. The quantitative estimate of drug-likeness (QED) is 0.564. The topological polar surface area (TPSA) is 95.6 Å². The van der Waals surface area contributed by atoms with Crippen LogP contribution in [0.25, 0.3) is 0 Å². The molecule has 7 nitrogen and oxygen atoms in total. The van der Waals surface area contributed by atoms with E-state index in [2.05, 4.69) is 10.0 Å². The minimum Gasteiger partial charge on any atom is -0.356 e. The molecule has 1 aliphatic heterocycles. The van der Waals surface area contributed by atoms with E-state index < -0.39 is 16.1 Å². The molecule has 2 aliphatic rings. The highest BCUT2D eigenvalue weighted by Gasteiger charge is 2.34. The summed E-state index contributed by atoms with van der Waals surface area (Å²) in [7, 11) is -3.80. The lowest BCUT2D eigenvalue weighted by Crippen LogP contribution is -2.53. The Kier molecular flexibility index (Phi) is 8.19. The van der Waals surface area contributed by atoms with Crippen LogP contribution in [0, 0.1) is 11.8 Å². The highest BCUT2D eigenvalue weighted by Crippen LogP contribution is 2.28. The molecule has 166 valence electrons. The number of carbonyl (C=O) groups excluding carboxylic acids is 2. The minimum atomic E-state index is -3.80. The second-order valence-electron chi connectivity index (χ2n) is 8.08. The van der Waals surface area contributed by atoms with Crippen molar-refractivity contribution in [1.29, 1.82) is 0 Å². The normalized spacial score (nSPS) is 20.6. The first-order valence-corrected chi connectivity index (χ1v) is 13.4. The van der Waals surface area contributed by atoms with Crippen molar-refractivity contribution in [1.82, 2.24) is 14.9 Å². The smallest absolute Gasteiger partial charge is 0.241 e. The van der Waals surface area contributed by atoms with E-state index in [0.717, 1.165) is 19.4 Å². The van der Waals surface area contributed by atoms with Crippen molar-refractivity contribution < 1.29 is 18.0 Å². The van der Waals surface area contributed by atoms with E-state index in [0.29, 0.717) is 31.2 Å². The number of nitrogens with one attached hydrogen (secondary N) is 2. The second-order valence-corrected chi connectivity index (χ2v) is 10.8. The Morgan fingerprint density at radius 2 is 1.93 bits per heavy atom. The highest BCUT2D eigenvalue weighted by molar-refractivity contribution is 7.98. The van der Waals surface area contributed by atoms with Gasteiger partial charge in [0, 0.05) is 19.6 Å². The molecule has 0 aromatic heterocycles. The average molecular weight is 454 g/mol. The fourth-order valence-electron chi connectivity index (χ4n) is 3.65. The van der Waals surface area contributed by atoms with Gasteiger partial charge in [0.25, 0.3) is 0 Å². The lowest BCUT2D eigenvalue weighted by atomic mass is 9.96. The number of nitrogens with zero attached hydrogens (tertiary/aromatic N) is 1. The molecule has 0 spiro atoms. The summed E-state index contributed by atoms with van der Waals surface area (Å²) in [4.78, 5) is 27.5. The van der Waals surface area contributed by atoms with Crippen LogP contribution in [-0.2, 0) is 19.6 Å². The van der Waals surface area contributed by atoms with Crippen molar-refractivity contribution in [3.63, 3.8) is 0 Å². The molecule has 1 aromatic carbocycles. The Hall–Kier alpha value is -1.58. The van der Waals surface area contributed by atoms with Gasteiger partial charge in [-0.3, -0.25) is 9.59 Å². The maximum Gasteiger partial charge on any atom is 0.241 e. The largest absolute Gasteiger partial charge is 0.356 e. The number of benzene rings is 1. The molecule has 0 bridgehead atoms. The lowest BCUT2D eigenvalue weighted by molar-refractivity contribution is -0.137. The van der Waals surface area contributed by atoms with Crippen molar-refractivity contribution in [3.8, 4) is 0 Å². The van der Waals surface area contributed by atoms with Gasteiger partial charge in [-0.05, 0) is 62.2 Å². The highest BCUT2D eigenvalue weighted by atomic mass is 32.2. The zero-order chi connectivity index (χ0) is 21.6. The van der Waals surface area contributed by atoms with Crippen LogP contribution in [0.4, 0.5) is 0 Å². The van der Waals surface area contributed by atoms with Crippen LogP contribution >= 0.6 is 11.8 Å². The first-order chi connectivity index (χ1) is 14.4. The van der Waals surface area contributed by atoms with Gasteiger partial charge in [0.2, 0.25) is 21.8 Å². The third-order valence-corrected chi connectivity index (χ3v) is 7.76. The van der Waals surface area contributed by atoms with Crippen molar-refractivity contribution in [2.75, 3.05) is 31.6 Å². The van der Waals surface area contributed by atoms with Gasteiger partial charge < -0.3 is 10.2 Å². The average Bonchev–Trinajstić information content (AvgIpc) is 3.59. The first-order valence-electron chi connectivity index (χ1n) is 10.5. The summed E-state index contributed by atoms with van der Waals surface area (Å²) in [5.74, 6) is 0.799. The molecule has 2 atom stereocenters. The van der Waals surface area contributed by atoms with E-state index in [-0.39, 0.29) is 22.6 Å². The molecule has 2 unspecified atom stereocenters. The van der Waals surface area contributed by atoms with E-state index in [1.807, 2.05) is 6.26 Å². The first kappa shape index (κ1) is 23.1. The van der Waals surface area contributed by atoms with E-state index in [4.69, 9.17) is 0 Å². The monoisotopic (exact) mass is 453 g/mol. The van der Waals surface area contributed by atoms with Crippen LogP contribution in [0.5, 0.6) is 0 Å². The van der Waals surface area contributed by atoms with Gasteiger partial charge in [0.15, 0.2) is 0 Å². The number of carbonyl (C=O) groups is 2. The Morgan fingerprint density at radius 3 is 2.60 bits per heavy atom. The number of sulfonamides is 1. The van der Waals surface area contributed by atoms with Crippen molar-refractivity contribution in [3.05, 3.63) is 30.3 Å². The summed E-state index contributed by atoms with van der Waals surface area (Å²) in [6, 6.07) is 7.25. The van der Waals surface area contributed by atoms with Crippen molar-refractivity contribution >= 4 is 33.6 Å². The molecule has 0 radical (unpaired) electrons. The lowest BCUT2D eigenvalue weighted by Gasteiger charge is -2.34. The number of thioether (sulfide) groups is 1. The molecule has 1 aliphatic carbocycles. The van der Waals surface area contributed by atoms with Gasteiger partial charge in [-0.15, -0.1) is 0 Å². The van der Waals surface area contributed by atoms with Gasteiger partial charge in [-0.25, -0.2) is 8.42 Å². The van der Waals surface area contributed by atoms with Crippen LogP contribution in [-0.4, -0.2) is 62.8 Å². The van der Waals surface area contributed by atoms with Crippen LogP contribution in [0.2, 0.25) is 0 Å². The standard InChI is InChI=1S/C21H31N3O4S2/c1-29-13-11-19(23-30(27,28)18-7-3-2-4-8-18)21(26)24-12-5-6-17(15-24)20(25)22-14-16-9-10-16/h2-4,7-8,16-17,19,23H,5-6,9-15H2,1H3,(H,22,25). The maximum absolute atomic E-state index is 13.2. The number of piperidine rings is 1. The fourth-order valence-corrected chi connectivity index (χ4v) is 5.36. The van der Waals surface area contributed by atoms with Gasteiger partial charge >= 0.3 is 0 Å². The van der Waals surface area contributed by atoms with Crippen molar-refractivity contribution in [2.24, 2.45) is 11.8 Å². The molecule has 30 heavy (non-hydrogen) atoms. The van der Waals surface area contributed by atoms with Crippen molar-refractivity contribution in [2.45, 2.75) is 43.0 Å². The molecule has 1 saturated heterocycles. The zero-order valence-electron chi connectivity index (χ0n) is 17.4. The molecule has 9 heteroatoms. The summed E-state index contributed by atoms with van der Waals surface area (Å²) in [6.45, 7) is 1.61. The fraction of sp³-hybridized carbons (Fsp3) is 0.619. The number of likely N-dealkylation sites (tertiary alicyclic amines) is 1. The Bertz CT molecular complexity index is 828. The maximum atomic E-state index is 13.2. The van der Waals surface area contributed by atoms with Gasteiger partial charge in [-0.1, -0.05) is 18.2 Å². The molecular weight excluding hydrogens is 422 g/mol. The van der Waals surface area contributed by atoms with Crippen LogP contribution in [0.15, 0.2) is 35.2 Å². The second kappa shape index (κ2) is 10.6. The molecule has 3 rings (SSSR count). The van der Waals surface area contributed by atoms with E-state index in [9.17, 15) is 18.0 Å². The summed E-state index contributed by atoms with van der Waals surface area (Å²) in [6.07, 6.45) is 6.18. The van der Waals surface area contributed by atoms with Gasteiger partial charge in [0.05, 0.1) is 10.8 Å². The zero-order valence-corrected chi connectivity index (χ0v) is 19.0. The molecule has 2 amide bonds. The third kappa shape index (κ3) is 6.46. The molecule has 1 saturated carbocycles. The van der Waals surface area contributed by atoms with E-state index in [1.54, 1.807) is 34.9 Å². The Balaban J connectivity index is 1.65. The molecular formula is C21H31N3O4S2. The van der Waals surface area contributed by atoms with E-state index in [1.165, 1.54) is 25.0 Å². The Labute approximate surface area is 183 Å². The summed E-state index contributed by atoms with van der Waals surface area (Å²) in [5, 5.41) is 3.01. The van der Waals surface area contributed by atoms with Gasteiger partial charge in [-0.2, -0.15) is 16.5 Å². The predicted octanol–water partition coefficient (Wildman–Crippen LogP) is 1.85. The summed E-state index contributed by atoms with van der Waals surface area (Å²) < 4.78 is 28.1. The number of rotatable bonds is 10. The molecule has 1 heterocycles. The number of hydrogen-bond donors (Lipinski definition) is 2. The van der Waals surface area contributed by atoms with Crippen LogP contribution in [0.3, 0.4) is 0 Å². The SMILES string of the molecule is CSCCC(NS(=O)(=O)c1ccccc1)C(=O)N1CCCC(C(=O)NCC2CC2)C1. The van der Waals surface area contributed by atoms with Crippen LogP contribution < -0.4 is 10.0 Å². The summed E-state index contributed by atoms with van der Waals surface area (Å²) >= 11 is 1.57. The molecule has 2 N–H and O–H groups in total. The third-order valence-electron chi connectivity index (χ3n) is 5.63. The molecule has 2 fully saturated rings. The van der Waals surface area contributed by atoms with Gasteiger partial charge in [0.1, 0.15) is 6.04 Å². The number of hydrogen-bond acceptors (Lipinski definition) is 5.